The van der Waals surface area contributed by atoms with Crippen molar-refractivity contribution in [3.8, 4) is 11.1 Å². The van der Waals surface area contributed by atoms with Gasteiger partial charge in [0, 0.05) is 18.6 Å². The van der Waals surface area contributed by atoms with E-state index in [1.165, 1.54) is 16.7 Å². The monoisotopic (exact) mass is 246 g/mol. The summed E-state index contributed by atoms with van der Waals surface area (Å²) in [6, 6.07) is 18.9. The van der Waals surface area contributed by atoms with Crippen LogP contribution < -0.4 is 0 Å². The van der Waals surface area contributed by atoms with E-state index in [1.54, 1.807) is 12.5 Å². The average molecular weight is 246 g/mol. The molecule has 0 aliphatic rings. The van der Waals surface area contributed by atoms with Crippen LogP contribution in [-0.2, 0) is 0 Å². The molecule has 92 valence electrons. The van der Waals surface area contributed by atoms with Crippen LogP contribution in [0.15, 0.2) is 73.3 Å². The minimum Gasteiger partial charge on any atom is -0.313 e. The lowest BCUT2D eigenvalue weighted by Crippen LogP contribution is -1.80. The standard InChI is InChI=1S/C17H14N2/c1-2-4-16(5-3-1)17-8-6-15(7-9-17)10-12-19-13-11-18-14-19/h1-14H. The maximum Gasteiger partial charge on any atom is 0.0986 e. The number of nitrogens with zero attached hydrogens (tertiary/aromatic N) is 2. The minimum absolute atomic E-state index is 1.17. The molecule has 0 N–H and O–H groups in total. The van der Waals surface area contributed by atoms with Gasteiger partial charge in [0.05, 0.1) is 6.33 Å². The third kappa shape index (κ3) is 2.80. The number of hydrogen-bond acceptors (Lipinski definition) is 1. The summed E-state index contributed by atoms with van der Waals surface area (Å²) < 4.78 is 1.92. The molecule has 0 fully saturated rings. The quantitative estimate of drug-likeness (QED) is 0.678. The van der Waals surface area contributed by atoms with Crippen molar-refractivity contribution in [3.63, 3.8) is 0 Å². The van der Waals surface area contributed by atoms with Gasteiger partial charge in [-0.2, -0.15) is 0 Å². The first-order valence-electron chi connectivity index (χ1n) is 6.23. The van der Waals surface area contributed by atoms with Crippen molar-refractivity contribution in [2.75, 3.05) is 0 Å². The molecule has 3 rings (SSSR count). The van der Waals surface area contributed by atoms with Gasteiger partial charge in [0.15, 0.2) is 0 Å². The second-order valence-corrected chi connectivity index (χ2v) is 4.31. The summed E-state index contributed by atoms with van der Waals surface area (Å²) in [5, 5.41) is 0. The van der Waals surface area contributed by atoms with Gasteiger partial charge >= 0.3 is 0 Å². The molecule has 0 aliphatic carbocycles. The first kappa shape index (κ1) is 11.5. The van der Waals surface area contributed by atoms with Crippen LogP contribution in [0.25, 0.3) is 23.4 Å². The topological polar surface area (TPSA) is 17.8 Å². The number of benzene rings is 2. The second-order valence-electron chi connectivity index (χ2n) is 4.31. The van der Waals surface area contributed by atoms with Crippen LogP contribution >= 0.6 is 0 Å². The number of rotatable bonds is 3. The highest BCUT2D eigenvalue weighted by Crippen LogP contribution is 2.19. The Morgan fingerprint density at radius 3 is 2.26 bits per heavy atom. The molecule has 0 atom stereocenters. The summed E-state index contributed by atoms with van der Waals surface area (Å²) in [6.07, 6.45) is 9.51. The molecule has 3 aromatic rings. The van der Waals surface area contributed by atoms with Crippen LogP contribution in [-0.4, -0.2) is 9.55 Å². The fourth-order valence-electron chi connectivity index (χ4n) is 1.95. The van der Waals surface area contributed by atoms with E-state index < -0.39 is 0 Å². The molecule has 2 heteroatoms. The molecular weight excluding hydrogens is 232 g/mol. The molecule has 2 aromatic carbocycles. The summed E-state index contributed by atoms with van der Waals surface area (Å²) in [5.74, 6) is 0. The maximum absolute atomic E-state index is 4.00. The fraction of sp³-hybridized carbons (Fsp3) is 0. The summed E-state index contributed by atoms with van der Waals surface area (Å²) in [6.45, 7) is 0. The van der Waals surface area contributed by atoms with Crippen molar-refractivity contribution in [1.82, 2.24) is 9.55 Å². The van der Waals surface area contributed by atoms with E-state index >= 15 is 0 Å². The van der Waals surface area contributed by atoms with E-state index in [4.69, 9.17) is 0 Å². The van der Waals surface area contributed by atoms with Gasteiger partial charge in [-0.15, -0.1) is 0 Å². The van der Waals surface area contributed by atoms with Crippen LogP contribution in [0.2, 0.25) is 0 Å². The summed E-state index contributed by atoms with van der Waals surface area (Å²) in [7, 11) is 0. The zero-order valence-corrected chi connectivity index (χ0v) is 10.5. The first-order valence-corrected chi connectivity index (χ1v) is 6.23. The van der Waals surface area contributed by atoms with Gasteiger partial charge < -0.3 is 4.57 Å². The molecule has 1 heterocycles. The average Bonchev–Trinajstić information content (AvgIpc) is 3.00. The van der Waals surface area contributed by atoms with Crippen LogP contribution in [0.4, 0.5) is 0 Å². The lowest BCUT2D eigenvalue weighted by atomic mass is 10.0. The minimum atomic E-state index is 1.17. The molecule has 0 unspecified atom stereocenters. The Labute approximate surface area is 112 Å². The number of imidazole rings is 1. The van der Waals surface area contributed by atoms with E-state index in [2.05, 4.69) is 59.6 Å². The van der Waals surface area contributed by atoms with Gasteiger partial charge in [0.2, 0.25) is 0 Å². The predicted molar refractivity (Wildman–Crippen MR) is 79.3 cm³/mol. The first-order chi connectivity index (χ1) is 9.42. The molecule has 0 saturated heterocycles. The lowest BCUT2D eigenvalue weighted by Gasteiger charge is -2.01. The van der Waals surface area contributed by atoms with Crippen molar-refractivity contribution in [1.29, 1.82) is 0 Å². The zero-order chi connectivity index (χ0) is 12.9. The van der Waals surface area contributed by atoms with Gasteiger partial charge in [0.1, 0.15) is 0 Å². The molecule has 0 aliphatic heterocycles. The molecule has 0 saturated carbocycles. The Hall–Kier alpha value is -2.61. The van der Waals surface area contributed by atoms with Crippen molar-refractivity contribution in [3.05, 3.63) is 78.9 Å². The van der Waals surface area contributed by atoms with E-state index in [1.807, 2.05) is 23.0 Å². The van der Waals surface area contributed by atoms with Gasteiger partial charge in [-0.05, 0) is 22.8 Å². The summed E-state index contributed by atoms with van der Waals surface area (Å²) in [4.78, 5) is 4.00. The van der Waals surface area contributed by atoms with Crippen molar-refractivity contribution < 1.29 is 0 Å². The molecule has 0 amide bonds. The van der Waals surface area contributed by atoms with E-state index in [0.29, 0.717) is 0 Å². The number of hydrogen-bond donors (Lipinski definition) is 0. The molecule has 2 nitrogen and oxygen atoms in total. The predicted octanol–water partition coefficient (Wildman–Crippen LogP) is 4.18. The van der Waals surface area contributed by atoms with Crippen molar-refractivity contribution >= 4 is 12.3 Å². The lowest BCUT2D eigenvalue weighted by molar-refractivity contribution is 1.14. The highest BCUT2D eigenvalue weighted by molar-refractivity contribution is 5.67. The van der Waals surface area contributed by atoms with Gasteiger partial charge in [-0.3, -0.25) is 0 Å². The largest absolute Gasteiger partial charge is 0.313 e. The molecule has 0 spiro atoms. The van der Waals surface area contributed by atoms with E-state index in [9.17, 15) is 0 Å². The Kier molecular flexibility index (Phi) is 3.24. The Morgan fingerprint density at radius 1 is 0.842 bits per heavy atom. The van der Waals surface area contributed by atoms with Crippen molar-refractivity contribution in [2.24, 2.45) is 0 Å². The molecule has 0 bridgehead atoms. The molecule has 1 aromatic heterocycles. The van der Waals surface area contributed by atoms with Crippen LogP contribution in [0.1, 0.15) is 5.56 Å². The van der Waals surface area contributed by atoms with Gasteiger partial charge in [-0.1, -0.05) is 54.6 Å². The van der Waals surface area contributed by atoms with Gasteiger partial charge in [-0.25, -0.2) is 4.98 Å². The second kappa shape index (κ2) is 5.36. The smallest absolute Gasteiger partial charge is 0.0986 e. The van der Waals surface area contributed by atoms with Crippen LogP contribution in [0, 0.1) is 0 Å². The Morgan fingerprint density at radius 2 is 1.58 bits per heavy atom. The molecule has 0 radical (unpaired) electrons. The van der Waals surface area contributed by atoms with Gasteiger partial charge in [0.25, 0.3) is 0 Å². The van der Waals surface area contributed by atoms with E-state index in [0.717, 1.165) is 0 Å². The van der Waals surface area contributed by atoms with Crippen molar-refractivity contribution in [2.45, 2.75) is 0 Å². The Bertz CT molecular complexity index is 650. The Balaban J connectivity index is 1.80. The summed E-state index contributed by atoms with van der Waals surface area (Å²) >= 11 is 0. The maximum atomic E-state index is 4.00. The highest BCUT2D eigenvalue weighted by atomic mass is 15.0. The third-order valence-electron chi connectivity index (χ3n) is 2.98. The number of aromatic nitrogens is 2. The molecule has 19 heavy (non-hydrogen) atoms. The zero-order valence-electron chi connectivity index (χ0n) is 10.5. The van der Waals surface area contributed by atoms with Crippen LogP contribution in [0.3, 0.4) is 0 Å². The van der Waals surface area contributed by atoms with E-state index in [-0.39, 0.29) is 0 Å². The third-order valence-corrected chi connectivity index (χ3v) is 2.98. The normalized spacial score (nSPS) is 10.9. The summed E-state index contributed by atoms with van der Waals surface area (Å²) in [5.41, 5.74) is 3.65. The highest BCUT2D eigenvalue weighted by Gasteiger charge is 1.95. The molecular formula is C17H14N2. The fourth-order valence-corrected chi connectivity index (χ4v) is 1.95. The SMILES string of the molecule is C(=Cn1ccnc1)c1ccc(-c2ccccc2)cc1. The van der Waals surface area contributed by atoms with Crippen LogP contribution in [0.5, 0.6) is 0 Å².